The molecule has 2 nitrogen and oxygen atoms in total. The number of hydrogen-bond acceptors (Lipinski definition) is 2. The molecule has 1 aromatic carbocycles. The van der Waals surface area contributed by atoms with Gasteiger partial charge in [0.25, 0.3) is 0 Å². The van der Waals surface area contributed by atoms with Crippen molar-refractivity contribution in [3.63, 3.8) is 0 Å². The predicted octanol–water partition coefficient (Wildman–Crippen LogP) is 5.16. The summed E-state index contributed by atoms with van der Waals surface area (Å²) in [4.78, 5) is 0. The van der Waals surface area contributed by atoms with Crippen molar-refractivity contribution in [2.24, 2.45) is 5.41 Å². The standard InChI is InChI=1S/C14H17BrClNO/c1-14(2,3)13(17-4)11-6-8-5-9(16)7-10(15)12(8)18-11/h5-7,13,17H,1-4H3. The van der Waals surface area contributed by atoms with Crippen molar-refractivity contribution >= 4 is 38.5 Å². The number of benzene rings is 1. The van der Waals surface area contributed by atoms with E-state index < -0.39 is 0 Å². The number of halogens is 2. The Labute approximate surface area is 121 Å². The predicted molar refractivity (Wildman–Crippen MR) is 80.2 cm³/mol. The maximum absolute atomic E-state index is 6.05. The van der Waals surface area contributed by atoms with Gasteiger partial charge in [-0.1, -0.05) is 32.4 Å². The second kappa shape index (κ2) is 4.87. The lowest BCUT2D eigenvalue weighted by atomic mass is 9.85. The van der Waals surface area contributed by atoms with Gasteiger partial charge >= 0.3 is 0 Å². The van der Waals surface area contributed by atoms with E-state index in [0.717, 1.165) is 21.2 Å². The van der Waals surface area contributed by atoms with Crippen molar-refractivity contribution in [1.29, 1.82) is 0 Å². The maximum atomic E-state index is 6.05. The highest BCUT2D eigenvalue weighted by molar-refractivity contribution is 9.10. The molecule has 1 N–H and O–H groups in total. The van der Waals surface area contributed by atoms with Crippen molar-refractivity contribution in [2.45, 2.75) is 26.8 Å². The minimum atomic E-state index is 0.0822. The molecule has 1 atom stereocenters. The first-order valence-electron chi connectivity index (χ1n) is 5.88. The topological polar surface area (TPSA) is 25.2 Å². The quantitative estimate of drug-likeness (QED) is 0.823. The van der Waals surface area contributed by atoms with Gasteiger partial charge in [0.1, 0.15) is 11.3 Å². The fraction of sp³-hybridized carbons (Fsp3) is 0.429. The highest BCUT2D eigenvalue weighted by Crippen LogP contribution is 2.38. The zero-order valence-corrected chi connectivity index (χ0v) is 13.3. The van der Waals surface area contributed by atoms with Gasteiger partial charge in [-0.15, -0.1) is 0 Å². The molecule has 0 saturated heterocycles. The normalized spacial score (nSPS) is 14.1. The molecule has 0 spiro atoms. The van der Waals surface area contributed by atoms with Crippen LogP contribution in [0.4, 0.5) is 0 Å². The summed E-state index contributed by atoms with van der Waals surface area (Å²) in [5.74, 6) is 0.933. The van der Waals surface area contributed by atoms with Gasteiger partial charge in [0.15, 0.2) is 0 Å². The third-order valence-electron chi connectivity index (χ3n) is 2.99. The van der Waals surface area contributed by atoms with E-state index >= 15 is 0 Å². The Hall–Kier alpha value is -0.510. The van der Waals surface area contributed by atoms with E-state index in [4.69, 9.17) is 16.0 Å². The minimum Gasteiger partial charge on any atom is -0.458 e. The van der Waals surface area contributed by atoms with Gasteiger partial charge < -0.3 is 9.73 Å². The van der Waals surface area contributed by atoms with Crippen LogP contribution in [0.25, 0.3) is 11.0 Å². The molecular formula is C14H17BrClNO. The molecule has 0 fully saturated rings. The first-order chi connectivity index (χ1) is 8.32. The van der Waals surface area contributed by atoms with Crippen LogP contribution in [0.3, 0.4) is 0 Å². The van der Waals surface area contributed by atoms with Crippen molar-refractivity contribution in [3.8, 4) is 0 Å². The van der Waals surface area contributed by atoms with Crippen LogP contribution in [0, 0.1) is 5.41 Å². The maximum Gasteiger partial charge on any atom is 0.148 e. The van der Waals surface area contributed by atoms with E-state index in [9.17, 15) is 0 Å². The Morgan fingerprint density at radius 1 is 1.28 bits per heavy atom. The molecule has 0 aliphatic carbocycles. The highest BCUT2D eigenvalue weighted by atomic mass is 79.9. The van der Waals surface area contributed by atoms with Crippen molar-refractivity contribution in [1.82, 2.24) is 5.32 Å². The first kappa shape index (κ1) is 13.9. The molecule has 0 bridgehead atoms. The SMILES string of the molecule is CNC(c1cc2cc(Cl)cc(Br)c2o1)C(C)(C)C. The summed E-state index contributed by atoms with van der Waals surface area (Å²) in [7, 11) is 1.95. The summed E-state index contributed by atoms with van der Waals surface area (Å²) in [5, 5.41) is 5.04. The Morgan fingerprint density at radius 3 is 2.50 bits per heavy atom. The molecule has 1 aromatic heterocycles. The number of fused-ring (bicyclic) bond motifs is 1. The molecule has 2 aromatic rings. The second-order valence-electron chi connectivity index (χ2n) is 5.54. The molecule has 0 saturated carbocycles. The van der Waals surface area contributed by atoms with Crippen LogP contribution < -0.4 is 5.32 Å². The van der Waals surface area contributed by atoms with Crippen LogP contribution in [0.2, 0.25) is 5.02 Å². The smallest absolute Gasteiger partial charge is 0.148 e. The van der Waals surface area contributed by atoms with Crippen LogP contribution in [-0.4, -0.2) is 7.05 Å². The fourth-order valence-corrected chi connectivity index (χ4v) is 3.15. The third kappa shape index (κ3) is 2.58. The molecule has 0 amide bonds. The van der Waals surface area contributed by atoms with Crippen molar-refractivity contribution < 1.29 is 4.42 Å². The van der Waals surface area contributed by atoms with Crippen molar-refractivity contribution in [2.75, 3.05) is 7.05 Å². The molecule has 1 unspecified atom stereocenters. The molecule has 0 aliphatic rings. The molecular weight excluding hydrogens is 314 g/mol. The Balaban J connectivity index is 2.56. The van der Waals surface area contributed by atoms with E-state index in [2.05, 4.69) is 48.1 Å². The van der Waals surface area contributed by atoms with Gasteiger partial charge in [0.2, 0.25) is 0 Å². The zero-order valence-electron chi connectivity index (χ0n) is 11.0. The van der Waals surface area contributed by atoms with Gasteiger partial charge in [-0.05, 0) is 46.6 Å². The van der Waals surface area contributed by atoms with Crippen molar-refractivity contribution in [3.05, 3.63) is 33.5 Å². The van der Waals surface area contributed by atoms with E-state index in [1.165, 1.54) is 0 Å². The highest BCUT2D eigenvalue weighted by Gasteiger charge is 2.28. The van der Waals surface area contributed by atoms with Gasteiger partial charge in [-0.25, -0.2) is 0 Å². The molecule has 1 heterocycles. The second-order valence-corrected chi connectivity index (χ2v) is 6.83. The number of nitrogens with one attached hydrogen (secondary N) is 1. The average Bonchev–Trinajstić information content (AvgIpc) is 2.59. The molecule has 2 rings (SSSR count). The van der Waals surface area contributed by atoms with E-state index in [0.29, 0.717) is 5.02 Å². The zero-order chi connectivity index (χ0) is 13.5. The van der Waals surface area contributed by atoms with Crippen LogP contribution in [-0.2, 0) is 0 Å². The first-order valence-corrected chi connectivity index (χ1v) is 7.06. The summed E-state index contributed by atoms with van der Waals surface area (Å²) in [6.07, 6.45) is 0. The lowest BCUT2D eigenvalue weighted by molar-refractivity contribution is 0.253. The molecule has 98 valence electrons. The Bertz CT molecular complexity index is 571. The molecule has 18 heavy (non-hydrogen) atoms. The van der Waals surface area contributed by atoms with E-state index in [-0.39, 0.29) is 11.5 Å². The summed E-state index contributed by atoms with van der Waals surface area (Å²) in [5.41, 5.74) is 0.928. The van der Waals surface area contributed by atoms with Crippen LogP contribution >= 0.6 is 27.5 Å². The number of rotatable bonds is 2. The monoisotopic (exact) mass is 329 g/mol. The average molecular weight is 331 g/mol. The van der Waals surface area contributed by atoms with Gasteiger partial charge in [0.05, 0.1) is 10.5 Å². The molecule has 0 aliphatic heterocycles. The number of hydrogen-bond donors (Lipinski definition) is 1. The molecule has 0 radical (unpaired) electrons. The van der Waals surface area contributed by atoms with Crippen LogP contribution in [0.15, 0.2) is 27.1 Å². The Kier molecular flexibility index (Phi) is 3.77. The fourth-order valence-electron chi connectivity index (χ4n) is 2.24. The summed E-state index contributed by atoms with van der Waals surface area (Å²) in [6.45, 7) is 6.55. The van der Waals surface area contributed by atoms with Gasteiger partial charge in [0, 0.05) is 10.4 Å². The minimum absolute atomic E-state index is 0.0822. The number of furan rings is 1. The lowest BCUT2D eigenvalue weighted by Gasteiger charge is -2.28. The Morgan fingerprint density at radius 2 is 1.94 bits per heavy atom. The van der Waals surface area contributed by atoms with E-state index in [1.54, 1.807) is 0 Å². The summed E-state index contributed by atoms with van der Waals surface area (Å²) in [6, 6.07) is 5.99. The summed E-state index contributed by atoms with van der Waals surface area (Å²) >= 11 is 9.53. The summed E-state index contributed by atoms with van der Waals surface area (Å²) < 4.78 is 6.85. The van der Waals surface area contributed by atoms with Crippen LogP contribution in [0.5, 0.6) is 0 Å². The van der Waals surface area contributed by atoms with Gasteiger partial charge in [-0.2, -0.15) is 0 Å². The van der Waals surface area contributed by atoms with Crippen LogP contribution in [0.1, 0.15) is 32.6 Å². The lowest BCUT2D eigenvalue weighted by Crippen LogP contribution is -2.29. The van der Waals surface area contributed by atoms with Gasteiger partial charge in [-0.3, -0.25) is 0 Å². The third-order valence-corrected chi connectivity index (χ3v) is 3.80. The molecule has 4 heteroatoms. The van der Waals surface area contributed by atoms with E-state index in [1.807, 2.05) is 19.2 Å². The largest absolute Gasteiger partial charge is 0.458 e.